The zero-order chi connectivity index (χ0) is 21.6. The van der Waals surface area contributed by atoms with Crippen LogP contribution in [0.3, 0.4) is 0 Å². The molecule has 4 rings (SSSR count). The highest BCUT2D eigenvalue weighted by Crippen LogP contribution is 2.52. The van der Waals surface area contributed by atoms with Crippen molar-refractivity contribution in [1.29, 1.82) is 0 Å². The molecule has 0 spiro atoms. The Labute approximate surface area is 177 Å². The predicted octanol–water partition coefficient (Wildman–Crippen LogP) is -0.652. The van der Waals surface area contributed by atoms with Gasteiger partial charge in [-0.2, -0.15) is 11.8 Å². The lowest BCUT2D eigenvalue weighted by Crippen LogP contribution is -2.58. The third-order valence-electron chi connectivity index (χ3n) is 5.83. The Kier molecular flexibility index (Phi) is 6.02. The van der Waals surface area contributed by atoms with E-state index in [0.29, 0.717) is 0 Å². The number of carbonyl (C=O) groups is 1. The molecule has 3 aliphatic rings. The molecule has 0 saturated carbocycles. The van der Waals surface area contributed by atoms with E-state index >= 15 is 0 Å². The van der Waals surface area contributed by atoms with Crippen molar-refractivity contribution in [2.45, 2.75) is 37.1 Å². The zero-order valence-corrected chi connectivity index (χ0v) is 17.2. The van der Waals surface area contributed by atoms with Crippen LogP contribution in [0.4, 0.5) is 0 Å². The summed E-state index contributed by atoms with van der Waals surface area (Å²) in [5, 5.41) is 51.7. The first-order chi connectivity index (χ1) is 14.4. The first-order valence-corrected chi connectivity index (χ1v) is 10.8. The van der Waals surface area contributed by atoms with E-state index in [0.717, 1.165) is 24.6 Å². The number of carbonyl (C=O) groups excluding carboxylic acids is 1. The number of methoxy groups -OCH3 is 1. The molecule has 0 aliphatic carbocycles. The molecule has 0 radical (unpaired) electrons. The number of aliphatic hydroxyl groups excluding tert-OH is 3. The Hall–Kier alpha value is -1.76. The molecule has 0 unspecified atom stereocenters. The molecular formula is C19H25NO9S. The van der Waals surface area contributed by atoms with E-state index in [2.05, 4.69) is 4.90 Å². The lowest BCUT2D eigenvalue weighted by atomic mass is 9.84. The molecule has 0 bridgehead atoms. The summed E-state index contributed by atoms with van der Waals surface area (Å²) >= 11 is 1.82. The molecule has 30 heavy (non-hydrogen) atoms. The van der Waals surface area contributed by atoms with Gasteiger partial charge in [0.15, 0.2) is 17.6 Å². The van der Waals surface area contributed by atoms with Gasteiger partial charge in [-0.3, -0.25) is 4.90 Å². The minimum absolute atomic E-state index is 0.0108. The molecule has 166 valence electrons. The summed E-state index contributed by atoms with van der Waals surface area (Å²) in [5.74, 6) is -0.101. The third kappa shape index (κ3) is 3.39. The van der Waals surface area contributed by atoms with Gasteiger partial charge in [0.25, 0.3) is 0 Å². The van der Waals surface area contributed by atoms with Crippen molar-refractivity contribution in [1.82, 2.24) is 4.90 Å². The Bertz CT molecular complexity index is 829. The molecule has 2 saturated heterocycles. The van der Waals surface area contributed by atoms with Crippen LogP contribution in [0.5, 0.6) is 17.2 Å². The topological polar surface area (TPSA) is 149 Å². The SMILES string of the molecule is COc1c(O)c(CN2CCSCC2)c2c(c1O)[C@H]1O[C@H](CO)[C@@H](O)[C@H](O)[C@H]1OC2=O. The van der Waals surface area contributed by atoms with Crippen LogP contribution in [0.2, 0.25) is 0 Å². The molecule has 3 heterocycles. The second-order valence-corrected chi connectivity index (χ2v) is 8.74. The van der Waals surface area contributed by atoms with Gasteiger partial charge in [0, 0.05) is 42.3 Å². The van der Waals surface area contributed by atoms with Gasteiger partial charge in [0.1, 0.15) is 24.4 Å². The number of rotatable bonds is 4. The van der Waals surface area contributed by atoms with Crippen LogP contribution in [0.15, 0.2) is 0 Å². The van der Waals surface area contributed by atoms with Crippen LogP contribution >= 0.6 is 11.8 Å². The number of thioether (sulfide) groups is 1. The number of hydrogen-bond acceptors (Lipinski definition) is 11. The van der Waals surface area contributed by atoms with Crippen molar-refractivity contribution in [3.05, 3.63) is 16.7 Å². The van der Waals surface area contributed by atoms with Gasteiger partial charge in [0.05, 0.1) is 19.3 Å². The molecule has 1 aromatic carbocycles. The van der Waals surface area contributed by atoms with E-state index in [-0.39, 0.29) is 34.7 Å². The summed E-state index contributed by atoms with van der Waals surface area (Å²) in [6.07, 6.45) is -6.59. The number of hydrogen-bond donors (Lipinski definition) is 5. The second kappa shape index (κ2) is 8.40. The third-order valence-corrected chi connectivity index (χ3v) is 6.77. The highest BCUT2D eigenvalue weighted by Gasteiger charge is 2.53. The summed E-state index contributed by atoms with van der Waals surface area (Å²) in [7, 11) is 1.28. The molecule has 0 amide bonds. The van der Waals surface area contributed by atoms with Gasteiger partial charge in [-0.25, -0.2) is 4.79 Å². The molecule has 11 heteroatoms. The highest BCUT2D eigenvalue weighted by molar-refractivity contribution is 7.99. The Morgan fingerprint density at radius 3 is 2.50 bits per heavy atom. The van der Waals surface area contributed by atoms with Gasteiger partial charge in [-0.1, -0.05) is 0 Å². The normalized spacial score (nSPS) is 31.6. The second-order valence-electron chi connectivity index (χ2n) is 7.52. The van der Waals surface area contributed by atoms with Crippen LogP contribution in [-0.4, -0.2) is 99.1 Å². The lowest BCUT2D eigenvalue weighted by Gasteiger charge is -2.45. The van der Waals surface area contributed by atoms with E-state index in [4.69, 9.17) is 14.2 Å². The molecule has 2 fully saturated rings. The number of nitrogens with zero attached hydrogens (tertiary/aromatic N) is 1. The van der Waals surface area contributed by atoms with Crippen LogP contribution in [0.1, 0.15) is 27.6 Å². The number of phenols is 2. The van der Waals surface area contributed by atoms with E-state index in [1.54, 1.807) is 0 Å². The standard InChI is InChI=1S/C19H25NO9S/c1-27-17-12(22)8(6-20-2-4-30-5-3-20)10-11(14(17)24)16-18(29-19(10)26)15(25)13(23)9(7-21)28-16/h9,13,15-16,18,21-25H,2-7H2,1H3/t9-,13-,15+,16-,18-/m1/s1. The Balaban J connectivity index is 1.85. The van der Waals surface area contributed by atoms with E-state index in [1.165, 1.54) is 7.11 Å². The first-order valence-electron chi connectivity index (χ1n) is 9.67. The number of aliphatic hydroxyl groups is 3. The summed E-state index contributed by atoms with van der Waals surface area (Å²) < 4.78 is 16.3. The first kappa shape index (κ1) is 21.5. The van der Waals surface area contributed by atoms with Gasteiger partial charge < -0.3 is 39.7 Å². The van der Waals surface area contributed by atoms with Gasteiger partial charge in [-0.05, 0) is 0 Å². The highest BCUT2D eigenvalue weighted by atomic mass is 32.2. The predicted molar refractivity (Wildman–Crippen MR) is 105 cm³/mol. The summed E-state index contributed by atoms with van der Waals surface area (Å²) in [4.78, 5) is 15.0. The van der Waals surface area contributed by atoms with Crippen molar-refractivity contribution in [3.8, 4) is 17.2 Å². The number of phenolic OH excluding ortho intramolecular Hbond substituents is 2. The number of aromatic hydroxyl groups is 2. The fourth-order valence-electron chi connectivity index (χ4n) is 4.25. The van der Waals surface area contributed by atoms with Gasteiger partial charge in [-0.15, -0.1) is 0 Å². The van der Waals surface area contributed by atoms with Crippen molar-refractivity contribution >= 4 is 17.7 Å². The van der Waals surface area contributed by atoms with Crippen LogP contribution < -0.4 is 4.74 Å². The van der Waals surface area contributed by atoms with Crippen molar-refractivity contribution < 1.29 is 44.5 Å². The Morgan fingerprint density at radius 2 is 1.87 bits per heavy atom. The number of ether oxygens (including phenoxy) is 3. The lowest BCUT2D eigenvalue weighted by molar-refractivity contribution is -0.235. The molecule has 5 N–H and O–H groups in total. The number of benzene rings is 1. The van der Waals surface area contributed by atoms with E-state index in [1.807, 2.05) is 11.8 Å². The summed E-state index contributed by atoms with van der Waals surface area (Å²) in [6, 6.07) is 0. The smallest absolute Gasteiger partial charge is 0.339 e. The minimum atomic E-state index is -1.53. The van der Waals surface area contributed by atoms with Gasteiger partial charge >= 0.3 is 5.97 Å². The Morgan fingerprint density at radius 1 is 1.17 bits per heavy atom. The molecular weight excluding hydrogens is 418 g/mol. The molecule has 10 nitrogen and oxygen atoms in total. The van der Waals surface area contributed by atoms with Crippen LogP contribution in [-0.2, 0) is 16.0 Å². The van der Waals surface area contributed by atoms with Crippen molar-refractivity contribution in [3.63, 3.8) is 0 Å². The summed E-state index contributed by atoms with van der Waals surface area (Å²) in [6.45, 7) is 1.17. The molecule has 0 aromatic heterocycles. The van der Waals surface area contributed by atoms with Crippen LogP contribution in [0, 0.1) is 0 Å². The maximum atomic E-state index is 12.9. The molecule has 3 aliphatic heterocycles. The average molecular weight is 443 g/mol. The zero-order valence-electron chi connectivity index (χ0n) is 16.4. The fraction of sp³-hybridized carbons (Fsp3) is 0.632. The minimum Gasteiger partial charge on any atom is -0.504 e. The van der Waals surface area contributed by atoms with Gasteiger partial charge in [0.2, 0.25) is 5.75 Å². The summed E-state index contributed by atoms with van der Waals surface area (Å²) in [5.41, 5.74) is 0.196. The maximum Gasteiger partial charge on any atom is 0.339 e. The number of fused-ring (bicyclic) bond motifs is 3. The van der Waals surface area contributed by atoms with E-state index in [9.17, 15) is 30.3 Å². The quantitative estimate of drug-likeness (QED) is 0.378. The van der Waals surface area contributed by atoms with E-state index < -0.39 is 48.8 Å². The van der Waals surface area contributed by atoms with Crippen molar-refractivity contribution in [2.75, 3.05) is 38.3 Å². The average Bonchev–Trinajstić information content (AvgIpc) is 2.74. The van der Waals surface area contributed by atoms with Crippen LogP contribution in [0.25, 0.3) is 0 Å². The van der Waals surface area contributed by atoms with Crippen molar-refractivity contribution in [2.24, 2.45) is 0 Å². The largest absolute Gasteiger partial charge is 0.504 e. The molecule has 5 atom stereocenters. The monoisotopic (exact) mass is 443 g/mol. The molecule has 1 aromatic rings. The fourth-order valence-corrected chi connectivity index (χ4v) is 5.23. The maximum absolute atomic E-state index is 12.9. The number of esters is 1.